The molecule has 1 aromatic carbocycles. The molecule has 0 amide bonds. The number of ether oxygens (including phenoxy) is 2. The van der Waals surface area contributed by atoms with Crippen molar-refractivity contribution in [2.45, 2.75) is 56.4 Å². The summed E-state index contributed by atoms with van der Waals surface area (Å²) in [6.45, 7) is 0. The lowest BCUT2D eigenvalue weighted by atomic mass is 9.90. The lowest BCUT2D eigenvalue weighted by molar-refractivity contribution is -0.265. The molecule has 0 aromatic heterocycles. The van der Waals surface area contributed by atoms with Crippen LogP contribution in [0.25, 0.3) is 0 Å². The number of rotatable bonds is 3. The van der Waals surface area contributed by atoms with E-state index in [9.17, 15) is 18.0 Å². The molecule has 0 unspecified atom stereocenters. The number of benzene rings is 1. The predicted molar refractivity (Wildman–Crippen MR) is 80.9 cm³/mol. The maximum absolute atomic E-state index is 13.7. The minimum atomic E-state index is -4.64. The highest BCUT2D eigenvalue weighted by Gasteiger charge is 2.61. The Morgan fingerprint density at radius 1 is 1.12 bits per heavy atom. The molecule has 130 valence electrons. The normalized spacial score (nSPS) is 25.0. The summed E-state index contributed by atoms with van der Waals surface area (Å²) in [5.41, 5.74) is -2.54. The number of alkyl halides is 3. The van der Waals surface area contributed by atoms with Crippen LogP contribution >= 0.6 is 0 Å². The van der Waals surface area contributed by atoms with Crippen molar-refractivity contribution in [3.63, 3.8) is 0 Å². The summed E-state index contributed by atoms with van der Waals surface area (Å²) in [6.07, 6.45) is 0.415. The van der Waals surface area contributed by atoms with Crippen LogP contribution in [0, 0.1) is 0 Å². The molecule has 1 aliphatic carbocycles. The SMILES string of the molecule is O=C(OC1CCCCC1)C1=CC[C@](c2ccccc2)(C(F)(F)F)O1. The highest BCUT2D eigenvalue weighted by atomic mass is 19.4. The summed E-state index contributed by atoms with van der Waals surface area (Å²) in [5, 5.41) is 0. The Bertz CT molecular complexity index is 618. The summed E-state index contributed by atoms with van der Waals surface area (Å²) in [4.78, 5) is 12.2. The first kappa shape index (κ1) is 16.9. The molecule has 2 aliphatic rings. The van der Waals surface area contributed by atoms with Crippen LogP contribution in [0.4, 0.5) is 13.2 Å². The van der Waals surface area contributed by atoms with E-state index < -0.39 is 24.2 Å². The first-order chi connectivity index (χ1) is 11.4. The highest BCUT2D eigenvalue weighted by molar-refractivity contribution is 5.87. The lowest BCUT2D eigenvalue weighted by Gasteiger charge is -2.32. The Balaban J connectivity index is 1.76. The average molecular weight is 340 g/mol. The molecule has 1 heterocycles. The van der Waals surface area contributed by atoms with Gasteiger partial charge in [-0.05, 0) is 31.8 Å². The van der Waals surface area contributed by atoms with Crippen molar-refractivity contribution in [2.24, 2.45) is 0 Å². The van der Waals surface area contributed by atoms with Gasteiger partial charge in [0.25, 0.3) is 0 Å². The van der Waals surface area contributed by atoms with Gasteiger partial charge in [0.1, 0.15) is 6.10 Å². The number of carbonyl (C=O) groups excluding carboxylic acids is 1. The van der Waals surface area contributed by atoms with Crippen LogP contribution in [0.1, 0.15) is 44.1 Å². The smallest absolute Gasteiger partial charge is 0.432 e. The van der Waals surface area contributed by atoms with Crippen molar-refractivity contribution in [1.29, 1.82) is 0 Å². The van der Waals surface area contributed by atoms with E-state index in [1.165, 1.54) is 30.3 Å². The average Bonchev–Trinajstić information content (AvgIpc) is 3.03. The van der Waals surface area contributed by atoms with Crippen LogP contribution in [-0.2, 0) is 19.9 Å². The molecule has 3 rings (SSSR count). The number of carbonyl (C=O) groups is 1. The maximum Gasteiger partial charge on any atom is 0.432 e. The predicted octanol–water partition coefficient (Wildman–Crippen LogP) is 4.62. The van der Waals surface area contributed by atoms with Crippen LogP contribution in [0.3, 0.4) is 0 Å². The lowest BCUT2D eigenvalue weighted by Crippen LogP contribution is -2.42. The molecular formula is C18H19F3O3. The fraction of sp³-hybridized carbons (Fsp3) is 0.500. The van der Waals surface area contributed by atoms with E-state index in [0.717, 1.165) is 32.1 Å². The third-order valence-corrected chi connectivity index (χ3v) is 4.58. The molecule has 6 heteroatoms. The van der Waals surface area contributed by atoms with Gasteiger partial charge in [0, 0.05) is 12.0 Å². The minimum Gasteiger partial charge on any atom is -0.465 e. The number of hydrogen-bond acceptors (Lipinski definition) is 3. The summed E-state index contributed by atoms with van der Waals surface area (Å²) < 4.78 is 51.5. The van der Waals surface area contributed by atoms with E-state index in [2.05, 4.69) is 0 Å². The Labute approximate surface area is 138 Å². The molecule has 0 saturated heterocycles. The van der Waals surface area contributed by atoms with Crippen molar-refractivity contribution >= 4 is 5.97 Å². The minimum absolute atomic E-state index is 0.0192. The van der Waals surface area contributed by atoms with Crippen molar-refractivity contribution in [1.82, 2.24) is 0 Å². The van der Waals surface area contributed by atoms with Gasteiger partial charge in [-0.2, -0.15) is 13.2 Å². The van der Waals surface area contributed by atoms with Crippen molar-refractivity contribution < 1.29 is 27.4 Å². The topological polar surface area (TPSA) is 35.5 Å². The number of hydrogen-bond donors (Lipinski definition) is 0. The summed E-state index contributed by atoms with van der Waals surface area (Å²) in [6, 6.07) is 7.39. The van der Waals surface area contributed by atoms with E-state index in [4.69, 9.17) is 9.47 Å². The zero-order valence-corrected chi connectivity index (χ0v) is 13.1. The van der Waals surface area contributed by atoms with Crippen LogP contribution in [0.5, 0.6) is 0 Å². The van der Waals surface area contributed by atoms with E-state index in [0.29, 0.717) is 0 Å². The molecule has 1 atom stereocenters. The van der Waals surface area contributed by atoms with E-state index >= 15 is 0 Å². The molecule has 1 fully saturated rings. The van der Waals surface area contributed by atoms with Gasteiger partial charge in [0.15, 0.2) is 0 Å². The third kappa shape index (κ3) is 3.14. The Morgan fingerprint density at radius 3 is 2.42 bits per heavy atom. The fourth-order valence-electron chi connectivity index (χ4n) is 3.25. The molecule has 3 nitrogen and oxygen atoms in total. The quantitative estimate of drug-likeness (QED) is 0.753. The summed E-state index contributed by atoms with van der Waals surface area (Å²) in [5.74, 6) is -1.15. The van der Waals surface area contributed by atoms with Gasteiger partial charge >= 0.3 is 12.1 Å². The Hall–Kier alpha value is -1.98. The van der Waals surface area contributed by atoms with Crippen LogP contribution in [0.2, 0.25) is 0 Å². The summed E-state index contributed by atoms with van der Waals surface area (Å²) in [7, 11) is 0. The van der Waals surface area contributed by atoms with Crippen molar-refractivity contribution in [3.8, 4) is 0 Å². The van der Waals surface area contributed by atoms with Gasteiger partial charge < -0.3 is 9.47 Å². The van der Waals surface area contributed by atoms with Crippen LogP contribution in [0.15, 0.2) is 42.2 Å². The van der Waals surface area contributed by atoms with Gasteiger partial charge in [-0.1, -0.05) is 36.8 Å². The molecule has 0 spiro atoms. The molecule has 24 heavy (non-hydrogen) atoms. The van der Waals surface area contributed by atoms with Gasteiger partial charge in [0.2, 0.25) is 11.4 Å². The number of esters is 1. The van der Waals surface area contributed by atoms with Gasteiger partial charge in [-0.25, -0.2) is 4.79 Å². The Morgan fingerprint density at radius 2 is 1.79 bits per heavy atom. The molecule has 0 N–H and O–H groups in total. The second-order valence-corrected chi connectivity index (χ2v) is 6.23. The van der Waals surface area contributed by atoms with Crippen LogP contribution in [-0.4, -0.2) is 18.2 Å². The standard InChI is InChI=1S/C18H19F3O3/c19-18(20,21)17(13-7-3-1-4-8-13)12-11-15(24-17)16(22)23-14-9-5-2-6-10-14/h1,3-4,7-8,11,14H,2,5-6,9-10,12H2/t17-/m0/s1. The van der Waals surface area contributed by atoms with E-state index in [1.807, 2.05) is 0 Å². The van der Waals surface area contributed by atoms with Crippen molar-refractivity contribution in [3.05, 3.63) is 47.7 Å². The molecule has 0 radical (unpaired) electrons. The third-order valence-electron chi connectivity index (χ3n) is 4.58. The number of halogens is 3. The molecule has 1 saturated carbocycles. The summed E-state index contributed by atoms with van der Waals surface area (Å²) >= 11 is 0. The molecular weight excluding hydrogens is 321 g/mol. The van der Waals surface area contributed by atoms with Gasteiger partial charge in [-0.3, -0.25) is 0 Å². The fourth-order valence-corrected chi connectivity index (χ4v) is 3.25. The molecule has 1 aliphatic heterocycles. The van der Waals surface area contributed by atoms with E-state index in [1.54, 1.807) is 6.07 Å². The van der Waals surface area contributed by atoms with Gasteiger partial charge in [0.05, 0.1) is 0 Å². The molecule has 0 bridgehead atoms. The van der Waals surface area contributed by atoms with Gasteiger partial charge in [-0.15, -0.1) is 0 Å². The monoisotopic (exact) mass is 340 g/mol. The zero-order valence-electron chi connectivity index (χ0n) is 13.1. The maximum atomic E-state index is 13.7. The second-order valence-electron chi connectivity index (χ2n) is 6.23. The van der Waals surface area contributed by atoms with Crippen molar-refractivity contribution in [2.75, 3.05) is 0 Å². The molecule has 1 aromatic rings. The second kappa shape index (κ2) is 6.49. The first-order valence-electron chi connectivity index (χ1n) is 8.15. The Kier molecular flexibility index (Phi) is 4.56. The highest BCUT2D eigenvalue weighted by Crippen LogP contribution is 2.49. The van der Waals surface area contributed by atoms with E-state index in [-0.39, 0.29) is 17.4 Å². The first-order valence-corrected chi connectivity index (χ1v) is 8.15. The largest absolute Gasteiger partial charge is 0.465 e. The van der Waals surface area contributed by atoms with Crippen LogP contribution < -0.4 is 0 Å². The zero-order chi connectivity index (χ0) is 17.2.